The van der Waals surface area contributed by atoms with Gasteiger partial charge < -0.3 is 10.3 Å². The quantitative estimate of drug-likeness (QED) is 0.669. The van der Waals surface area contributed by atoms with E-state index in [0.717, 1.165) is 25.3 Å². The molecular weight excluding hydrogens is 353 g/mol. The van der Waals surface area contributed by atoms with E-state index in [4.69, 9.17) is 0 Å². The van der Waals surface area contributed by atoms with Crippen molar-refractivity contribution >= 4 is 16.8 Å². The second-order valence-corrected chi connectivity index (χ2v) is 6.96. The molecule has 4 rings (SSSR count). The number of amides is 1. The summed E-state index contributed by atoms with van der Waals surface area (Å²) >= 11 is 0. The van der Waals surface area contributed by atoms with Crippen molar-refractivity contribution in [2.24, 2.45) is 5.92 Å². The van der Waals surface area contributed by atoms with Gasteiger partial charge in [-0.15, -0.1) is 0 Å². The van der Waals surface area contributed by atoms with Crippen LogP contribution in [0.15, 0.2) is 36.4 Å². The number of aromatic amines is 1. The number of benzene rings is 2. The minimum absolute atomic E-state index is 0.0294. The van der Waals surface area contributed by atoms with Gasteiger partial charge >= 0.3 is 0 Å². The van der Waals surface area contributed by atoms with Gasteiger partial charge in [-0.25, -0.2) is 13.2 Å². The van der Waals surface area contributed by atoms with Crippen LogP contribution < -0.4 is 5.32 Å². The number of rotatable bonds is 5. The highest BCUT2D eigenvalue weighted by Gasteiger charge is 2.25. The minimum Gasteiger partial charge on any atom is -0.356 e. The third kappa shape index (κ3) is 3.44. The number of H-pyrrole nitrogens is 1. The maximum atomic E-state index is 14.2. The normalized spacial score (nSPS) is 14.3. The van der Waals surface area contributed by atoms with Crippen LogP contribution in [0.2, 0.25) is 0 Å². The fourth-order valence-electron chi connectivity index (χ4n) is 3.52. The Bertz CT molecular complexity index is 991. The van der Waals surface area contributed by atoms with Crippen molar-refractivity contribution in [2.45, 2.75) is 25.7 Å². The summed E-state index contributed by atoms with van der Waals surface area (Å²) < 4.78 is 41.3. The molecule has 0 bridgehead atoms. The first-order chi connectivity index (χ1) is 13.0. The minimum atomic E-state index is -0.682. The molecular formula is C21H19F3N2O. The summed E-state index contributed by atoms with van der Waals surface area (Å²) in [5, 5.41) is 3.34. The number of carbonyl (C=O) groups excluding carboxylic acids is 1. The van der Waals surface area contributed by atoms with Crippen LogP contribution in [-0.4, -0.2) is 17.4 Å². The summed E-state index contributed by atoms with van der Waals surface area (Å²) in [5.41, 5.74) is 2.18. The van der Waals surface area contributed by atoms with E-state index in [-0.39, 0.29) is 23.2 Å². The number of hydrogen-bond acceptors (Lipinski definition) is 1. The predicted octanol–water partition coefficient (Wildman–Crippen LogP) is 4.71. The van der Waals surface area contributed by atoms with Crippen LogP contribution >= 0.6 is 0 Å². The van der Waals surface area contributed by atoms with Crippen LogP contribution in [0.25, 0.3) is 22.2 Å². The van der Waals surface area contributed by atoms with Crippen molar-refractivity contribution < 1.29 is 18.0 Å². The number of aromatic nitrogens is 1. The Morgan fingerprint density at radius 3 is 2.48 bits per heavy atom. The Morgan fingerprint density at radius 2 is 1.81 bits per heavy atom. The molecule has 1 aliphatic carbocycles. The Labute approximate surface area is 154 Å². The predicted molar refractivity (Wildman–Crippen MR) is 97.7 cm³/mol. The molecule has 1 heterocycles. The zero-order valence-electron chi connectivity index (χ0n) is 14.6. The molecule has 1 fully saturated rings. The lowest BCUT2D eigenvalue weighted by Crippen LogP contribution is -2.35. The Kier molecular flexibility index (Phi) is 4.64. The second kappa shape index (κ2) is 7.10. The summed E-state index contributed by atoms with van der Waals surface area (Å²) in [7, 11) is 0. The largest absolute Gasteiger partial charge is 0.356 e. The molecule has 2 N–H and O–H groups in total. The van der Waals surface area contributed by atoms with Gasteiger partial charge in [0.05, 0.1) is 5.52 Å². The van der Waals surface area contributed by atoms with Crippen LogP contribution in [0.1, 0.15) is 24.8 Å². The molecule has 0 unspecified atom stereocenters. The summed E-state index contributed by atoms with van der Waals surface area (Å²) in [6.07, 6.45) is 3.31. The average molecular weight is 372 g/mol. The third-order valence-electron chi connectivity index (χ3n) is 5.21. The highest BCUT2D eigenvalue weighted by atomic mass is 19.1. The van der Waals surface area contributed by atoms with Crippen LogP contribution in [0.4, 0.5) is 13.2 Å². The summed E-state index contributed by atoms with van der Waals surface area (Å²) in [5.74, 6) is -1.61. The molecule has 2 aromatic carbocycles. The molecule has 1 amide bonds. The van der Waals surface area contributed by atoms with Gasteiger partial charge in [0.15, 0.2) is 0 Å². The van der Waals surface area contributed by atoms with Crippen molar-refractivity contribution in [2.75, 3.05) is 6.54 Å². The topological polar surface area (TPSA) is 44.9 Å². The van der Waals surface area contributed by atoms with E-state index in [1.807, 2.05) is 0 Å². The molecule has 27 heavy (non-hydrogen) atoms. The molecule has 0 saturated heterocycles. The van der Waals surface area contributed by atoms with Gasteiger partial charge in [-0.1, -0.05) is 6.42 Å². The standard InChI is InChI=1S/C21H19F3N2O/c22-14-6-4-12(5-7-14)19-16(8-9-25-21(27)13-2-1-3-13)17-10-15(23)11-18(24)20(17)26-19/h4-7,10-11,13,26H,1-3,8-9H2,(H,25,27). The fraction of sp³-hybridized carbons (Fsp3) is 0.286. The van der Waals surface area contributed by atoms with E-state index in [2.05, 4.69) is 10.3 Å². The van der Waals surface area contributed by atoms with Crippen molar-refractivity contribution in [3.05, 3.63) is 59.4 Å². The van der Waals surface area contributed by atoms with Crippen molar-refractivity contribution in [3.8, 4) is 11.3 Å². The van der Waals surface area contributed by atoms with Gasteiger partial charge in [0.1, 0.15) is 17.5 Å². The van der Waals surface area contributed by atoms with E-state index in [9.17, 15) is 18.0 Å². The molecule has 1 aliphatic rings. The SMILES string of the molecule is O=C(NCCc1c(-c2ccc(F)cc2)[nH]c2c(F)cc(F)cc12)C1CCC1. The number of fused-ring (bicyclic) bond motifs is 1. The van der Waals surface area contributed by atoms with Crippen molar-refractivity contribution in [1.82, 2.24) is 10.3 Å². The first kappa shape index (κ1) is 17.6. The van der Waals surface area contributed by atoms with Crippen LogP contribution in [-0.2, 0) is 11.2 Å². The fourth-order valence-corrected chi connectivity index (χ4v) is 3.52. The van der Waals surface area contributed by atoms with Crippen molar-refractivity contribution in [1.29, 1.82) is 0 Å². The molecule has 3 aromatic rings. The number of carbonyl (C=O) groups is 1. The number of halogens is 3. The third-order valence-corrected chi connectivity index (χ3v) is 5.21. The lowest BCUT2D eigenvalue weighted by atomic mass is 9.85. The molecule has 0 spiro atoms. The molecule has 140 valence electrons. The van der Waals surface area contributed by atoms with Gasteiger partial charge in [0, 0.05) is 29.6 Å². The monoisotopic (exact) mass is 372 g/mol. The van der Waals surface area contributed by atoms with E-state index in [1.54, 1.807) is 12.1 Å². The van der Waals surface area contributed by atoms with E-state index < -0.39 is 11.6 Å². The Morgan fingerprint density at radius 1 is 1.07 bits per heavy atom. The highest BCUT2D eigenvalue weighted by molar-refractivity contribution is 5.91. The van der Waals surface area contributed by atoms with Gasteiger partial charge in [0.2, 0.25) is 5.91 Å². The summed E-state index contributed by atoms with van der Waals surface area (Å²) in [6.45, 7) is 0.370. The highest BCUT2D eigenvalue weighted by Crippen LogP contribution is 2.33. The summed E-state index contributed by atoms with van der Waals surface area (Å²) in [6, 6.07) is 7.93. The lowest BCUT2D eigenvalue weighted by Gasteiger charge is -2.24. The van der Waals surface area contributed by atoms with Gasteiger partial charge in [-0.2, -0.15) is 0 Å². The summed E-state index contributed by atoms with van der Waals surface area (Å²) in [4.78, 5) is 15.0. The first-order valence-electron chi connectivity index (χ1n) is 9.06. The van der Waals surface area contributed by atoms with Crippen molar-refractivity contribution in [3.63, 3.8) is 0 Å². The second-order valence-electron chi connectivity index (χ2n) is 6.96. The van der Waals surface area contributed by atoms with Gasteiger partial charge in [0.25, 0.3) is 0 Å². The van der Waals surface area contributed by atoms with Gasteiger partial charge in [-0.05, 0) is 60.7 Å². The van der Waals surface area contributed by atoms with Crippen LogP contribution in [0, 0.1) is 23.4 Å². The average Bonchev–Trinajstić information content (AvgIpc) is 2.93. The molecule has 1 aromatic heterocycles. The smallest absolute Gasteiger partial charge is 0.223 e. The van der Waals surface area contributed by atoms with Gasteiger partial charge in [-0.3, -0.25) is 4.79 Å². The first-order valence-corrected chi connectivity index (χ1v) is 9.06. The van der Waals surface area contributed by atoms with Crippen LogP contribution in [0.5, 0.6) is 0 Å². The molecule has 0 aliphatic heterocycles. The molecule has 0 radical (unpaired) electrons. The van der Waals surface area contributed by atoms with E-state index >= 15 is 0 Å². The van der Waals surface area contributed by atoms with E-state index in [1.165, 1.54) is 18.2 Å². The molecule has 0 atom stereocenters. The Balaban J connectivity index is 1.68. The Hall–Kier alpha value is -2.76. The maximum Gasteiger partial charge on any atom is 0.223 e. The zero-order chi connectivity index (χ0) is 19.0. The molecule has 6 heteroatoms. The molecule has 3 nitrogen and oxygen atoms in total. The van der Waals surface area contributed by atoms with Crippen LogP contribution in [0.3, 0.4) is 0 Å². The number of nitrogens with one attached hydrogen (secondary N) is 2. The number of hydrogen-bond donors (Lipinski definition) is 2. The maximum absolute atomic E-state index is 14.2. The van der Waals surface area contributed by atoms with E-state index in [0.29, 0.717) is 35.2 Å². The molecule has 1 saturated carbocycles. The zero-order valence-corrected chi connectivity index (χ0v) is 14.6. The lowest BCUT2D eigenvalue weighted by molar-refractivity contribution is -0.127.